The van der Waals surface area contributed by atoms with Crippen molar-refractivity contribution in [3.8, 4) is 0 Å². The van der Waals surface area contributed by atoms with E-state index >= 15 is 0 Å². The molecule has 1 spiro atoms. The van der Waals surface area contributed by atoms with Crippen LogP contribution in [0.1, 0.15) is 32.6 Å². The minimum Gasteiger partial charge on any atom is -0.315 e. The van der Waals surface area contributed by atoms with Crippen LogP contribution in [0.5, 0.6) is 0 Å². The summed E-state index contributed by atoms with van der Waals surface area (Å²) in [6, 6.07) is 0. The Kier molecular flexibility index (Phi) is 2.89. The van der Waals surface area contributed by atoms with E-state index < -0.39 is 0 Å². The monoisotopic (exact) mass is 182 g/mol. The molecular formula is C11H22N2. The Morgan fingerprint density at radius 3 is 2.77 bits per heavy atom. The van der Waals surface area contributed by atoms with Gasteiger partial charge in [-0.25, -0.2) is 0 Å². The average Bonchev–Trinajstić information content (AvgIpc) is 2.48. The number of rotatable bonds is 1. The molecule has 0 amide bonds. The molecule has 2 fully saturated rings. The van der Waals surface area contributed by atoms with Gasteiger partial charge in [0.2, 0.25) is 0 Å². The molecule has 0 aromatic rings. The Bertz CT molecular complexity index is 161. The van der Waals surface area contributed by atoms with Crippen molar-refractivity contribution < 1.29 is 0 Å². The number of nitrogens with zero attached hydrogens (tertiary/aromatic N) is 1. The molecule has 1 saturated heterocycles. The number of likely N-dealkylation sites (N-methyl/N-ethyl adjacent to an activating group) is 1. The van der Waals surface area contributed by atoms with Crippen LogP contribution in [0.25, 0.3) is 0 Å². The van der Waals surface area contributed by atoms with Gasteiger partial charge >= 0.3 is 0 Å². The number of nitrogens with one attached hydrogen (secondary N) is 1. The molecule has 0 aromatic heterocycles. The van der Waals surface area contributed by atoms with Crippen LogP contribution in [0, 0.1) is 5.41 Å². The van der Waals surface area contributed by atoms with Gasteiger partial charge in [-0.2, -0.15) is 0 Å². The summed E-state index contributed by atoms with van der Waals surface area (Å²) in [5, 5.41) is 3.60. The molecule has 0 radical (unpaired) electrons. The SMILES string of the molecule is CCN1CCNCC2(CCCC2)C1. The highest BCUT2D eigenvalue weighted by molar-refractivity contribution is 4.91. The largest absolute Gasteiger partial charge is 0.315 e. The van der Waals surface area contributed by atoms with E-state index in [1.807, 2.05) is 0 Å². The van der Waals surface area contributed by atoms with Gasteiger partial charge in [-0.05, 0) is 24.8 Å². The lowest BCUT2D eigenvalue weighted by atomic mass is 9.86. The number of hydrogen-bond donors (Lipinski definition) is 1. The maximum Gasteiger partial charge on any atom is 0.0107 e. The number of hydrogen-bond acceptors (Lipinski definition) is 2. The minimum absolute atomic E-state index is 0.645. The Hall–Kier alpha value is -0.0800. The molecule has 1 heterocycles. The lowest BCUT2D eigenvalue weighted by molar-refractivity contribution is 0.185. The second kappa shape index (κ2) is 3.97. The van der Waals surface area contributed by atoms with E-state index in [0.717, 1.165) is 0 Å². The highest BCUT2D eigenvalue weighted by Gasteiger charge is 2.35. The zero-order chi connectivity index (χ0) is 9.15. The zero-order valence-corrected chi connectivity index (χ0v) is 8.81. The second-order valence-corrected chi connectivity index (χ2v) is 4.75. The summed E-state index contributed by atoms with van der Waals surface area (Å²) < 4.78 is 0. The molecule has 1 saturated carbocycles. The van der Waals surface area contributed by atoms with Crippen molar-refractivity contribution in [2.45, 2.75) is 32.6 Å². The highest BCUT2D eigenvalue weighted by Crippen LogP contribution is 2.38. The summed E-state index contributed by atoms with van der Waals surface area (Å²) in [5.74, 6) is 0. The third-order valence-electron chi connectivity index (χ3n) is 3.78. The summed E-state index contributed by atoms with van der Waals surface area (Å²) in [7, 11) is 0. The standard InChI is InChI=1S/C11H22N2/c1-2-13-8-7-12-9-11(10-13)5-3-4-6-11/h12H,2-10H2,1H3. The summed E-state index contributed by atoms with van der Waals surface area (Å²) in [4.78, 5) is 2.62. The molecule has 0 unspecified atom stereocenters. The van der Waals surface area contributed by atoms with E-state index in [4.69, 9.17) is 0 Å². The van der Waals surface area contributed by atoms with Crippen molar-refractivity contribution in [2.24, 2.45) is 5.41 Å². The van der Waals surface area contributed by atoms with Gasteiger partial charge in [-0.1, -0.05) is 19.8 Å². The lowest BCUT2D eigenvalue weighted by Gasteiger charge is -2.31. The van der Waals surface area contributed by atoms with Crippen LogP contribution in [0.4, 0.5) is 0 Å². The predicted molar refractivity (Wildman–Crippen MR) is 55.9 cm³/mol. The Morgan fingerprint density at radius 1 is 1.31 bits per heavy atom. The smallest absolute Gasteiger partial charge is 0.0107 e. The van der Waals surface area contributed by atoms with Crippen LogP contribution >= 0.6 is 0 Å². The van der Waals surface area contributed by atoms with Crippen molar-refractivity contribution in [2.75, 3.05) is 32.7 Å². The van der Waals surface area contributed by atoms with Gasteiger partial charge in [-0.3, -0.25) is 0 Å². The molecule has 1 N–H and O–H groups in total. The highest BCUT2D eigenvalue weighted by atomic mass is 15.2. The summed E-state index contributed by atoms with van der Waals surface area (Å²) >= 11 is 0. The van der Waals surface area contributed by atoms with Crippen molar-refractivity contribution in [1.82, 2.24) is 10.2 Å². The van der Waals surface area contributed by atoms with Crippen molar-refractivity contribution in [1.29, 1.82) is 0 Å². The fourth-order valence-corrected chi connectivity index (χ4v) is 2.93. The van der Waals surface area contributed by atoms with Gasteiger partial charge < -0.3 is 10.2 Å². The van der Waals surface area contributed by atoms with E-state index in [1.165, 1.54) is 58.4 Å². The Morgan fingerprint density at radius 2 is 2.08 bits per heavy atom. The maximum atomic E-state index is 3.60. The first-order valence-corrected chi connectivity index (χ1v) is 5.78. The summed E-state index contributed by atoms with van der Waals surface area (Å²) in [6.45, 7) is 8.56. The van der Waals surface area contributed by atoms with Gasteiger partial charge in [-0.15, -0.1) is 0 Å². The summed E-state index contributed by atoms with van der Waals surface area (Å²) in [5.41, 5.74) is 0.645. The molecule has 2 nitrogen and oxygen atoms in total. The Balaban J connectivity index is 2.00. The van der Waals surface area contributed by atoms with Gasteiger partial charge in [0.15, 0.2) is 0 Å². The predicted octanol–water partition coefficient (Wildman–Crippen LogP) is 1.47. The third-order valence-corrected chi connectivity index (χ3v) is 3.78. The van der Waals surface area contributed by atoms with E-state index in [9.17, 15) is 0 Å². The summed E-state index contributed by atoms with van der Waals surface area (Å²) in [6.07, 6.45) is 5.82. The van der Waals surface area contributed by atoms with Crippen LogP contribution in [-0.4, -0.2) is 37.6 Å². The third kappa shape index (κ3) is 2.05. The van der Waals surface area contributed by atoms with Gasteiger partial charge in [0, 0.05) is 26.2 Å². The quantitative estimate of drug-likeness (QED) is 0.660. The van der Waals surface area contributed by atoms with E-state index in [2.05, 4.69) is 17.1 Å². The van der Waals surface area contributed by atoms with E-state index in [1.54, 1.807) is 0 Å². The van der Waals surface area contributed by atoms with Crippen molar-refractivity contribution in [3.05, 3.63) is 0 Å². The van der Waals surface area contributed by atoms with Gasteiger partial charge in [0.05, 0.1) is 0 Å². The van der Waals surface area contributed by atoms with E-state index in [0.29, 0.717) is 5.41 Å². The maximum absolute atomic E-state index is 3.60. The Labute approximate surface area is 81.7 Å². The topological polar surface area (TPSA) is 15.3 Å². The van der Waals surface area contributed by atoms with Crippen molar-refractivity contribution in [3.63, 3.8) is 0 Å². The average molecular weight is 182 g/mol. The van der Waals surface area contributed by atoms with Crippen LogP contribution < -0.4 is 5.32 Å². The van der Waals surface area contributed by atoms with Crippen LogP contribution in [0.3, 0.4) is 0 Å². The fourth-order valence-electron chi connectivity index (χ4n) is 2.93. The minimum atomic E-state index is 0.645. The normalized spacial score (nSPS) is 29.3. The lowest BCUT2D eigenvalue weighted by Crippen LogP contribution is -2.37. The molecule has 0 aromatic carbocycles. The van der Waals surface area contributed by atoms with Crippen molar-refractivity contribution >= 4 is 0 Å². The van der Waals surface area contributed by atoms with Gasteiger partial charge in [0.1, 0.15) is 0 Å². The molecule has 2 heteroatoms. The fraction of sp³-hybridized carbons (Fsp3) is 1.00. The molecule has 13 heavy (non-hydrogen) atoms. The molecule has 0 atom stereocenters. The molecule has 1 aliphatic heterocycles. The molecule has 0 bridgehead atoms. The molecule has 1 aliphatic carbocycles. The van der Waals surface area contributed by atoms with Gasteiger partial charge in [0.25, 0.3) is 0 Å². The first-order valence-electron chi connectivity index (χ1n) is 5.78. The molecular weight excluding hydrogens is 160 g/mol. The second-order valence-electron chi connectivity index (χ2n) is 4.75. The zero-order valence-electron chi connectivity index (χ0n) is 8.81. The van der Waals surface area contributed by atoms with E-state index in [-0.39, 0.29) is 0 Å². The first-order chi connectivity index (χ1) is 6.35. The molecule has 2 rings (SSSR count). The molecule has 76 valence electrons. The molecule has 2 aliphatic rings. The first kappa shape index (κ1) is 9.47. The van der Waals surface area contributed by atoms with Crippen LogP contribution in [0.2, 0.25) is 0 Å². The van der Waals surface area contributed by atoms with Crippen LogP contribution in [-0.2, 0) is 0 Å². The van der Waals surface area contributed by atoms with Crippen LogP contribution in [0.15, 0.2) is 0 Å².